The lowest BCUT2D eigenvalue weighted by Gasteiger charge is -2.38. The molecule has 4 rings (SSSR count). The molecule has 218 valence electrons. The number of hydrogen-bond donors (Lipinski definition) is 4. The van der Waals surface area contributed by atoms with Gasteiger partial charge in [-0.05, 0) is 74.6 Å². The lowest BCUT2D eigenvalue weighted by Crippen LogP contribution is -2.56. The average molecular weight is 581 g/mol. The van der Waals surface area contributed by atoms with Crippen LogP contribution in [0.2, 0.25) is 5.02 Å². The van der Waals surface area contributed by atoms with Gasteiger partial charge in [-0.2, -0.15) is 0 Å². The quantitative estimate of drug-likeness (QED) is 0.239. The number of amides is 1. The Morgan fingerprint density at radius 2 is 1.74 bits per heavy atom. The molecule has 2 aliphatic rings. The minimum Gasteiger partial charge on any atom is -0.366 e. The number of piperazine rings is 1. The fourth-order valence-electron chi connectivity index (χ4n) is 5.08. The van der Waals surface area contributed by atoms with Crippen molar-refractivity contribution >= 4 is 38.9 Å². The molecule has 11 heteroatoms. The van der Waals surface area contributed by atoms with Crippen molar-refractivity contribution in [3.05, 3.63) is 59.1 Å². The number of anilines is 2. The molecule has 2 aliphatic heterocycles. The van der Waals surface area contributed by atoms with Gasteiger partial charge in [-0.25, -0.2) is 8.42 Å². The molecule has 9 nitrogen and oxygen atoms in total. The lowest BCUT2D eigenvalue weighted by atomic mass is 9.98. The molecule has 0 saturated carbocycles. The van der Waals surface area contributed by atoms with Gasteiger partial charge < -0.3 is 20.4 Å². The Balaban J connectivity index is 0.00000280. The molecule has 0 unspecified atom stereocenters. The van der Waals surface area contributed by atoms with Crippen LogP contribution in [0.25, 0.3) is 0 Å². The number of para-hydroxylation sites is 2. The third kappa shape index (κ3) is 9.65. The minimum absolute atomic E-state index is 0. The molecule has 0 radical (unpaired) electrons. The van der Waals surface area contributed by atoms with Gasteiger partial charge in [0.25, 0.3) is 0 Å². The second-order valence-corrected chi connectivity index (χ2v) is 12.3. The molecule has 39 heavy (non-hydrogen) atoms. The van der Waals surface area contributed by atoms with E-state index in [4.69, 9.17) is 11.6 Å². The molecule has 0 aliphatic carbocycles. The zero-order valence-electron chi connectivity index (χ0n) is 22.0. The number of carbonyl (C=O) groups is 1. The largest absolute Gasteiger partial charge is 0.366 e. The van der Waals surface area contributed by atoms with E-state index in [1.165, 1.54) is 12.8 Å². The number of halogens is 1. The van der Waals surface area contributed by atoms with Crippen LogP contribution in [0.3, 0.4) is 0 Å². The highest BCUT2D eigenvalue weighted by Crippen LogP contribution is 2.27. The molecular weight excluding hydrogens is 536 g/mol. The van der Waals surface area contributed by atoms with E-state index in [1.807, 2.05) is 47.4 Å². The van der Waals surface area contributed by atoms with Crippen LogP contribution in [0.15, 0.2) is 48.5 Å². The van der Waals surface area contributed by atoms with Gasteiger partial charge in [-0.15, -0.1) is 0 Å². The summed E-state index contributed by atoms with van der Waals surface area (Å²) in [6, 6.07) is 14.7. The van der Waals surface area contributed by atoms with Gasteiger partial charge in [-0.1, -0.05) is 43.3 Å². The van der Waals surface area contributed by atoms with Crippen LogP contribution in [-0.2, 0) is 21.2 Å². The van der Waals surface area contributed by atoms with Gasteiger partial charge in [0.15, 0.2) is 0 Å². The van der Waals surface area contributed by atoms with Crippen LogP contribution in [0.1, 0.15) is 27.3 Å². The highest BCUT2D eigenvalue weighted by Gasteiger charge is 2.28. The summed E-state index contributed by atoms with van der Waals surface area (Å²) in [5.74, 6) is 0.738. The van der Waals surface area contributed by atoms with Crippen molar-refractivity contribution in [2.75, 3.05) is 68.4 Å². The van der Waals surface area contributed by atoms with E-state index in [2.05, 4.69) is 25.6 Å². The summed E-state index contributed by atoms with van der Waals surface area (Å²) in [4.78, 5) is 17.7. The zero-order chi connectivity index (χ0) is 27.0. The van der Waals surface area contributed by atoms with Crippen LogP contribution in [0, 0.1) is 5.92 Å². The number of hydrogen-bond acceptors (Lipinski definition) is 7. The molecule has 0 spiro atoms. The van der Waals surface area contributed by atoms with Gasteiger partial charge in [-0.3, -0.25) is 14.8 Å². The Morgan fingerprint density at radius 1 is 1.08 bits per heavy atom. The Kier molecular flexibility index (Phi) is 11.9. The smallest absolute Gasteiger partial charge is 0.240 e. The Bertz CT molecular complexity index is 1160. The number of carbonyl (C=O) groups excluding carboxylic acids is 1. The SMILES string of the molecule is C.CS(=O)(=O)Nc1ccccc1N1CCN(C(=O)[C@@H](Cc2ccc(Cl)cc2)NCNCC2CCNCC2)CC1.[HH]. The number of sulfonamides is 1. The Hall–Kier alpha value is -2.37. The number of nitrogens with zero attached hydrogens (tertiary/aromatic N) is 2. The third-order valence-corrected chi connectivity index (χ3v) is 7.99. The summed E-state index contributed by atoms with van der Waals surface area (Å²) in [6.45, 7) is 6.01. The van der Waals surface area contributed by atoms with E-state index < -0.39 is 10.0 Å². The third-order valence-electron chi connectivity index (χ3n) is 7.15. The summed E-state index contributed by atoms with van der Waals surface area (Å²) in [5, 5.41) is 11.0. The highest BCUT2D eigenvalue weighted by molar-refractivity contribution is 7.92. The molecule has 0 bridgehead atoms. The van der Waals surface area contributed by atoms with Gasteiger partial charge in [0.2, 0.25) is 15.9 Å². The summed E-state index contributed by atoms with van der Waals surface area (Å²) in [5.41, 5.74) is 2.43. The lowest BCUT2D eigenvalue weighted by molar-refractivity contribution is -0.133. The molecule has 2 aromatic rings. The first-order valence-corrected chi connectivity index (χ1v) is 15.6. The van der Waals surface area contributed by atoms with Crippen molar-refractivity contribution in [3.8, 4) is 0 Å². The van der Waals surface area contributed by atoms with Crippen LogP contribution in [0.5, 0.6) is 0 Å². The summed E-state index contributed by atoms with van der Waals surface area (Å²) in [6.07, 6.45) is 4.07. The number of piperidine rings is 1. The van der Waals surface area contributed by atoms with Crippen molar-refractivity contribution in [2.45, 2.75) is 32.7 Å². The normalized spacial score (nSPS) is 17.4. The fraction of sp³-hybridized carbons (Fsp3) is 0.536. The van der Waals surface area contributed by atoms with Gasteiger partial charge in [0.05, 0.1) is 23.7 Å². The van der Waals surface area contributed by atoms with E-state index in [-0.39, 0.29) is 20.8 Å². The number of nitrogens with one attached hydrogen (secondary N) is 4. The van der Waals surface area contributed by atoms with E-state index in [0.29, 0.717) is 55.9 Å². The first kappa shape index (κ1) is 31.2. The van der Waals surface area contributed by atoms with Crippen molar-refractivity contribution < 1.29 is 14.6 Å². The molecule has 2 heterocycles. The maximum Gasteiger partial charge on any atom is 0.240 e. The first-order chi connectivity index (χ1) is 18.3. The van der Waals surface area contributed by atoms with Gasteiger partial charge in [0, 0.05) is 39.3 Å². The van der Waals surface area contributed by atoms with E-state index in [1.54, 1.807) is 6.07 Å². The van der Waals surface area contributed by atoms with Crippen molar-refractivity contribution in [2.24, 2.45) is 5.92 Å². The van der Waals surface area contributed by atoms with E-state index in [0.717, 1.165) is 37.1 Å². The maximum absolute atomic E-state index is 13.7. The molecular formula is C28H45ClN6O3S. The van der Waals surface area contributed by atoms with Gasteiger partial charge in [0.1, 0.15) is 0 Å². The Morgan fingerprint density at radius 3 is 2.41 bits per heavy atom. The average Bonchev–Trinajstić information content (AvgIpc) is 2.91. The van der Waals surface area contributed by atoms with Crippen molar-refractivity contribution in [1.29, 1.82) is 0 Å². The molecule has 2 saturated heterocycles. The van der Waals surface area contributed by atoms with Crippen molar-refractivity contribution in [1.82, 2.24) is 20.9 Å². The van der Waals surface area contributed by atoms with Crippen LogP contribution in [0.4, 0.5) is 11.4 Å². The predicted octanol–water partition coefficient (Wildman–Crippen LogP) is 2.99. The molecule has 1 amide bonds. The summed E-state index contributed by atoms with van der Waals surface area (Å²) < 4.78 is 26.2. The van der Waals surface area contributed by atoms with Crippen LogP contribution >= 0.6 is 11.6 Å². The highest BCUT2D eigenvalue weighted by atomic mass is 35.5. The molecule has 1 atom stereocenters. The minimum atomic E-state index is -3.39. The predicted molar refractivity (Wildman–Crippen MR) is 163 cm³/mol. The van der Waals surface area contributed by atoms with E-state index >= 15 is 0 Å². The first-order valence-electron chi connectivity index (χ1n) is 13.3. The zero-order valence-corrected chi connectivity index (χ0v) is 23.5. The number of rotatable bonds is 11. The topological polar surface area (TPSA) is 106 Å². The summed E-state index contributed by atoms with van der Waals surface area (Å²) in [7, 11) is -3.39. The van der Waals surface area contributed by atoms with Crippen LogP contribution < -0.4 is 25.6 Å². The van der Waals surface area contributed by atoms with Gasteiger partial charge >= 0.3 is 0 Å². The molecule has 2 aromatic carbocycles. The standard InChI is InChI=1S/C27H39ClN6O3S.CH4.H2/c1-38(36,37)32-24-4-2-3-5-26(24)33-14-16-34(17-15-33)27(35)25(18-21-6-8-23(28)9-7-21)31-20-30-19-22-10-12-29-13-11-22;;/h2-9,22,25,29-32H,10-20H2,1H3;1H4;1H/t25-;;/m1../s1. The fourth-order valence-corrected chi connectivity index (χ4v) is 5.78. The second kappa shape index (κ2) is 14.9. The van der Waals surface area contributed by atoms with Crippen molar-refractivity contribution in [3.63, 3.8) is 0 Å². The molecule has 4 N–H and O–H groups in total. The Labute approximate surface area is 240 Å². The maximum atomic E-state index is 13.7. The molecule has 0 aromatic heterocycles. The second-order valence-electron chi connectivity index (χ2n) is 10.1. The molecule has 2 fully saturated rings. The summed E-state index contributed by atoms with van der Waals surface area (Å²) >= 11 is 6.07. The number of benzene rings is 2. The monoisotopic (exact) mass is 580 g/mol. The van der Waals surface area contributed by atoms with E-state index in [9.17, 15) is 13.2 Å². The van der Waals surface area contributed by atoms with Crippen LogP contribution in [-0.4, -0.2) is 84.0 Å².